The summed E-state index contributed by atoms with van der Waals surface area (Å²) in [5, 5.41) is 5.50. The molecule has 0 spiro atoms. The van der Waals surface area contributed by atoms with E-state index < -0.39 is 0 Å². The Hall–Kier alpha value is -3.48. The third kappa shape index (κ3) is 4.35. The zero-order valence-corrected chi connectivity index (χ0v) is 17.5. The number of amides is 1. The lowest BCUT2D eigenvalue weighted by atomic mass is 9.96. The van der Waals surface area contributed by atoms with Gasteiger partial charge in [0, 0.05) is 18.5 Å². The van der Waals surface area contributed by atoms with Gasteiger partial charge >= 0.3 is 5.97 Å². The fraction of sp³-hybridized carbons (Fsp3) is 0.333. The van der Waals surface area contributed by atoms with E-state index in [2.05, 4.69) is 5.10 Å². The first-order valence-corrected chi connectivity index (χ1v) is 10.6. The van der Waals surface area contributed by atoms with E-state index in [0.29, 0.717) is 43.3 Å². The third-order valence-electron chi connectivity index (χ3n) is 5.65. The lowest BCUT2D eigenvalue weighted by Crippen LogP contribution is -2.41. The lowest BCUT2D eigenvalue weighted by Gasteiger charge is -2.30. The molecule has 0 N–H and O–H groups in total. The van der Waals surface area contributed by atoms with Crippen molar-refractivity contribution in [2.75, 3.05) is 19.7 Å². The van der Waals surface area contributed by atoms with Crippen LogP contribution in [0.3, 0.4) is 0 Å². The number of aromatic nitrogens is 2. The average Bonchev–Trinajstić information content (AvgIpc) is 2.81. The lowest BCUT2D eigenvalue weighted by molar-refractivity contribution is -0.149. The van der Waals surface area contributed by atoms with E-state index in [4.69, 9.17) is 4.74 Å². The van der Waals surface area contributed by atoms with Crippen LogP contribution in [0.1, 0.15) is 35.8 Å². The Kier molecular flexibility index (Phi) is 6.11. The Morgan fingerprint density at radius 2 is 1.65 bits per heavy atom. The molecule has 7 nitrogen and oxygen atoms in total. The highest BCUT2D eigenvalue weighted by Gasteiger charge is 2.30. The SMILES string of the molecule is CCOC(=O)C1CCN(C(=O)c2nn(Cc3ccccc3)c(=O)c3ccccc23)CC1. The van der Waals surface area contributed by atoms with Gasteiger partial charge in [0.1, 0.15) is 0 Å². The molecule has 160 valence electrons. The number of fused-ring (bicyclic) bond motifs is 1. The van der Waals surface area contributed by atoms with Crippen LogP contribution in [0.25, 0.3) is 10.8 Å². The number of carbonyl (C=O) groups excluding carboxylic acids is 2. The largest absolute Gasteiger partial charge is 0.466 e. The fourth-order valence-electron chi connectivity index (χ4n) is 3.98. The first-order chi connectivity index (χ1) is 15.1. The quantitative estimate of drug-likeness (QED) is 0.594. The molecule has 0 atom stereocenters. The molecule has 0 unspecified atom stereocenters. The summed E-state index contributed by atoms with van der Waals surface area (Å²) in [6.45, 7) is 3.34. The summed E-state index contributed by atoms with van der Waals surface area (Å²) >= 11 is 0. The first-order valence-electron chi connectivity index (χ1n) is 10.6. The second kappa shape index (κ2) is 9.12. The molecule has 1 aliphatic rings. The van der Waals surface area contributed by atoms with Crippen molar-refractivity contribution in [1.82, 2.24) is 14.7 Å². The summed E-state index contributed by atoms with van der Waals surface area (Å²) in [4.78, 5) is 40.1. The predicted molar refractivity (Wildman–Crippen MR) is 117 cm³/mol. The molecule has 0 aliphatic carbocycles. The first kappa shape index (κ1) is 20.8. The summed E-state index contributed by atoms with van der Waals surface area (Å²) in [5.74, 6) is -0.601. The highest BCUT2D eigenvalue weighted by molar-refractivity contribution is 6.04. The summed E-state index contributed by atoms with van der Waals surface area (Å²) in [5.41, 5.74) is 0.971. The van der Waals surface area contributed by atoms with Crippen LogP contribution in [0, 0.1) is 5.92 Å². The van der Waals surface area contributed by atoms with E-state index in [1.165, 1.54) is 4.68 Å². The van der Waals surface area contributed by atoms with Crippen LogP contribution in [-0.2, 0) is 16.1 Å². The molecule has 1 saturated heterocycles. The van der Waals surface area contributed by atoms with Crippen LogP contribution in [0.4, 0.5) is 0 Å². The van der Waals surface area contributed by atoms with Crippen molar-refractivity contribution >= 4 is 22.6 Å². The van der Waals surface area contributed by atoms with E-state index in [9.17, 15) is 14.4 Å². The van der Waals surface area contributed by atoms with Crippen LogP contribution < -0.4 is 5.56 Å². The molecule has 1 fully saturated rings. The van der Waals surface area contributed by atoms with Gasteiger partial charge in [-0.05, 0) is 31.4 Å². The Bertz CT molecular complexity index is 1150. The Morgan fingerprint density at radius 3 is 2.32 bits per heavy atom. The summed E-state index contributed by atoms with van der Waals surface area (Å²) in [6, 6.07) is 16.6. The Labute approximate surface area is 180 Å². The minimum Gasteiger partial charge on any atom is -0.466 e. The molecule has 2 heterocycles. The van der Waals surface area contributed by atoms with Crippen LogP contribution in [0.2, 0.25) is 0 Å². The number of benzene rings is 2. The van der Waals surface area contributed by atoms with Crippen molar-refractivity contribution in [3.63, 3.8) is 0 Å². The number of rotatable bonds is 5. The van der Waals surface area contributed by atoms with Gasteiger partial charge in [0.05, 0.1) is 24.5 Å². The van der Waals surface area contributed by atoms with Gasteiger partial charge in [-0.15, -0.1) is 0 Å². The maximum Gasteiger partial charge on any atom is 0.309 e. The minimum atomic E-state index is -0.225. The van der Waals surface area contributed by atoms with Gasteiger partial charge in [0.15, 0.2) is 5.69 Å². The second-order valence-corrected chi connectivity index (χ2v) is 7.66. The van der Waals surface area contributed by atoms with Gasteiger partial charge in [0.2, 0.25) is 0 Å². The monoisotopic (exact) mass is 419 g/mol. The van der Waals surface area contributed by atoms with Crippen LogP contribution >= 0.6 is 0 Å². The predicted octanol–water partition coefficient (Wildman–Crippen LogP) is 2.86. The fourth-order valence-corrected chi connectivity index (χ4v) is 3.98. The van der Waals surface area contributed by atoms with E-state index in [1.54, 1.807) is 36.1 Å². The maximum atomic E-state index is 13.4. The number of carbonyl (C=O) groups is 2. The van der Waals surface area contributed by atoms with Crippen molar-refractivity contribution in [3.8, 4) is 0 Å². The van der Waals surface area contributed by atoms with Gasteiger partial charge in [-0.25, -0.2) is 4.68 Å². The van der Waals surface area contributed by atoms with Crippen LogP contribution in [0.5, 0.6) is 0 Å². The van der Waals surface area contributed by atoms with Crippen molar-refractivity contribution in [1.29, 1.82) is 0 Å². The topological polar surface area (TPSA) is 81.5 Å². The molecule has 1 amide bonds. The van der Waals surface area contributed by atoms with E-state index in [-0.39, 0.29) is 35.6 Å². The highest BCUT2D eigenvalue weighted by Crippen LogP contribution is 2.22. The van der Waals surface area contributed by atoms with E-state index in [0.717, 1.165) is 5.56 Å². The Balaban J connectivity index is 1.64. The van der Waals surface area contributed by atoms with Crippen LogP contribution in [-0.4, -0.2) is 46.3 Å². The molecule has 7 heteroatoms. The average molecular weight is 419 g/mol. The summed E-state index contributed by atoms with van der Waals surface area (Å²) < 4.78 is 6.47. The molecule has 31 heavy (non-hydrogen) atoms. The standard InChI is InChI=1S/C24H25N3O4/c1-2-31-24(30)18-12-14-26(15-13-18)23(29)21-19-10-6-7-11-20(19)22(28)27(25-21)16-17-8-4-3-5-9-17/h3-11,18H,2,12-16H2,1H3. The number of esters is 1. The molecule has 0 bridgehead atoms. The van der Waals surface area contributed by atoms with Crippen molar-refractivity contribution < 1.29 is 14.3 Å². The maximum absolute atomic E-state index is 13.4. The van der Waals surface area contributed by atoms with E-state index >= 15 is 0 Å². The summed E-state index contributed by atoms with van der Waals surface area (Å²) in [6.07, 6.45) is 1.12. The van der Waals surface area contributed by atoms with Gasteiger partial charge < -0.3 is 9.64 Å². The zero-order chi connectivity index (χ0) is 21.8. The molecule has 0 saturated carbocycles. The third-order valence-corrected chi connectivity index (χ3v) is 5.65. The number of hydrogen-bond donors (Lipinski definition) is 0. The number of ether oxygens (including phenoxy) is 1. The molecular weight excluding hydrogens is 394 g/mol. The van der Waals surface area contributed by atoms with Crippen LogP contribution in [0.15, 0.2) is 59.4 Å². The molecule has 1 aliphatic heterocycles. The normalized spacial score (nSPS) is 14.5. The second-order valence-electron chi connectivity index (χ2n) is 7.66. The summed E-state index contributed by atoms with van der Waals surface area (Å²) in [7, 11) is 0. The zero-order valence-electron chi connectivity index (χ0n) is 17.5. The molecule has 3 aromatic rings. The number of likely N-dealkylation sites (tertiary alicyclic amines) is 1. The van der Waals surface area contributed by atoms with Crippen molar-refractivity contribution in [2.24, 2.45) is 5.92 Å². The van der Waals surface area contributed by atoms with Gasteiger partial charge in [-0.1, -0.05) is 48.5 Å². The number of piperidine rings is 1. The number of nitrogens with zero attached hydrogens (tertiary/aromatic N) is 3. The van der Waals surface area contributed by atoms with Crippen molar-refractivity contribution in [2.45, 2.75) is 26.3 Å². The minimum absolute atomic E-state index is 0.180. The molecular formula is C24H25N3O4. The molecule has 1 aromatic heterocycles. The molecule has 2 aromatic carbocycles. The Morgan fingerprint density at radius 1 is 1.00 bits per heavy atom. The number of hydrogen-bond acceptors (Lipinski definition) is 5. The van der Waals surface area contributed by atoms with Gasteiger partial charge in [-0.2, -0.15) is 5.10 Å². The smallest absolute Gasteiger partial charge is 0.309 e. The van der Waals surface area contributed by atoms with Gasteiger partial charge in [-0.3, -0.25) is 14.4 Å². The van der Waals surface area contributed by atoms with E-state index in [1.807, 2.05) is 30.3 Å². The molecule has 0 radical (unpaired) electrons. The van der Waals surface area contributed by atoms with Crippen molar-refractivity contribution in [3.05, 3.63) is 76.2 Å². The van der Waals surface area contributed by atoms with Gasteiger partial charge in [0.25, 0.3) is 11.5 Å². The molecule has 4 rings (SSSR count). The highest BCUT2D eigenvalue weighted by atomic mass is 16.5.